The number of aryl methyl sites for hydroxylation is 1. The quantitative estimate of drug-likeness (QED) is 0.837. The molecular formula is C20H26F2N4O2. The Morgan fingerprint density at radius 3 is 2.57 bits per heavy atom. The highest BCUT2D eigenvalue weighted by atomic mass is 19.3. The van der Waals surface area contributed by atoms with Crippen LogP contribution in [0.1, 0.15) is 18.4 Å². The second kappa shape index (κ2) is 7.75. The molecule has 1 unspecified atom stereocenters. The molecule has 1 aromatic rings. The highest BCUT2D eigenvalue weighted by Gasteiger charge is 2.43. The lowest BCUT2D eigenvalue weighted by atomic mass is 10.0. The Hall–Kier alpha value is -2.06. The molecule has 8 heteroatoms. The number of halogens is 2. The maximum absolute atomic E-state index is 13.3. The highest BCUT2D eigenvalue weighted by molar-refractivity contribution is 5.96. The first-order valence-electron chi connectivity index (χ1n) is 9.94. The molecule has 0 aliphatic carbocycles. The molecule has 0 bridgehead atoms. The lowest BCUT2D eigenvalue weighted by Gasteiger charge is -2.37. The number of amides is 2. The van der Waals surface area contributed by atoms with Crippen molar-refractivity contribution >= 4 is 17.5 Å². The molecule has 0 radical (unpaired) electrons. The van der Waals surface area contributed by atoms with E-state index < -0.39 is 24.9 Å². The van der Waals surface area contributed by atoms with E-state index in [1.807, 2.05) is 28.0 Å². The van der Waals surface area contributed by atoms with E-state index in [0.29, 0.717) is 32.7 Å². The molecule has 152 valence electrons. The fourth-order valence-corrected chi connectivity index (χ4v) is 4.31. The Balaban J connectivity index is 1.29. The fourth-order valence-electron chi connectivity index (χ4n) is 4.31. The molecule has 4 rings (SSSR count). The number of rotatable bonds is 3. The van der Waals surface area contributed by atoms with Gasteiger partial charge in [0, 0.05) is 44.8 Å². The number of fused-ring (bicyclic) bond motifs is 1. The van der Waals surface area contributed by atoms with Crippen LogP contribution in [0.5, 0.6) is 0 Å². The zero-order chi connectivity index (χ0) is 19.7. The van der Waals surface area contributed by atoms with E-state index in [0.717, 1.165) is 25.1 Å². The summed E-state index contributed by atoms with van der Waals surface area (Å²) in [5, 5.41) is 2.62. The first-order chi connectivity index (χ1) is 13.4. The second-order valence-electron chi connectivity index (χ2n) is 7.87. The highest BCUT2D eigenvalue weighted by Crippen LogP contribution is 2.27. The molecule has 28 heavy (non-hydrogen) atoms. The lowest BCUT2D eigenvalue weighted by molar-refractivity contribution is -0.135. The van der Waals surface area contributed by atoms with Crippen LogP contribution in [0.2, 0.25) is 0 Å². The molecule has 0 spiro atoms. The standard InChI is InChI=1S/C20H26F2N4O2/c21-20(22)12-16(23-14-20)19(28)25-10-8-24(9-11-25)13-18(27)26-7-3-5-15-4-1-2-6-17(15)26/h1-2,4,6,16,23H,3,5,7-14H2. The van der Waals surface area contributed by atoms with Gasteiger partial charge in [-0.25, -0.2) is 8.78 Å². The normalized spacial score (nSPS) is 24.9. The van der Waals surface area contributed by atoms with Crippen LogP contribution in [0.4, 0.5) is 14.5 Å². The number of nitrogens with zero attached hydrogens (tertiary/aromatic N) is 3. The zero-order valence-corrected chi connectivity index (χ0v) is 15.9. The van der Waals surface area contributed by atoms with Gasteiger partial charge in [0.2, 0.25) is 11.8 Å². The maximum Gasteiger partial charge on any atom is 0.262 e. The van der Waals surface area contributed by atoms with Crippen molar-refractivity contribution in [2.45, 2.75) is 31.2 Å². The number of carbonyl (C=O) groups excluding carboxylic acids is 2. The van der Waals surface area contributed by atoms with E-state index in [1.54, 1.807) is 4.90 Å². The Labute approximate surface area is 163 Å². The number of hydrogen-bond acceptors (Lipinski definition) is 4. The third-order valence-corrected chi connectivity index (χ3v) is 5.86. The predicted octanol–water partition coefficient (Wildman–Crippen LogP) is 1.11. The number of hydrogen-bond donors (Lipinski definition) is 1. The Kier molecular flexibility index (Phi) is 5.33. The monoisotopic (exact) mass is 392 g/mol. The van der Waals surface area contributed by atoms with E-state index >= 15 is 0 Å². The van der Waals surface area contributed by atoms with Crippen molar-refractivity contribution in [1.29, 1.82) is 0 Å². The van der Waals surface area contributed by atoms with Crippen molar-refractivity contribution < 1.29 is 18.4 Å². The number of benzene rings is 1. The SMILES string of the molecule is O=C(C1CC(F)(F)CN1)N1CCN(CC(=O)N2CCCc3ccccc32)CC1. The van der Waals surface area contributed by atoms with Crippen molar-refractivity contribution in [1.82, 2.24) is 15.1 Å². The van der Waals surface area contributed by atoms with Gasteiger partial charge >= 0.3 is 0 Å². The van der Waals surface area contributed by atoms with Crippen LogP contribution in [-0.2, 0) is 16.0 Å². The van der Waals surface area contributed by atoms with Gasteiger partial charge in [0.05, 0.1) is 19.1 Å². The van der Waals surface area contributed by atoms with Crippen LogP contribution < -0.4 is 10.2 Å². The summed E-state index contributed by atoms with van der Waals surface area (Å²) in [6.45, 7) is 2.70. The number of carbonyl (C=O) groups is 2. The third kappa shape index (κ3) is 4.03. The molecular weight excluding hydrogens is 366 g/mol. The van der Waals surface area contributed by atoms with Crippen LogP contribution in [0, 0.1) is 0 Å². The minimum atomic E-state index is -2.81. The molecule has 0 aromatic heterocycles. The summed E-state index contributed by atoms with van der Waals surface area (Å²) in [4.78, 5) is 30.8. The number of alkyl halides is 2. The van der Waals surface area contributed by atoms with Crippen molar-refractivity contribution in [2.24, 2.45) is 0 Å². The molecule has 1 aromatic carbocycles. The Morgan fingerprint density at radius 2 is 1.86 bits per heavy atom. The van der Waals surface area contributed by atoms with Crippen molar-refractivity contribution in [2.75, 3.05) is 50.7 Å². The van der Waals surface area contributed by atoms with Gasteiger partial charge in [-0.05, 0) is 24.5 Å². The summed E-state index contributed by atoms with van der Waals surface area (Å²) >= 11 is 0. The lowest BCUT2D eigenvalue weighted by Crippen LogP contribution is -2.54. The molecule has 3 aliphatic heterocycles. The van der Waals surface area contributed by atoms with Crippen molar-refractivity contribution in [3.63, 3.8) is 0 Å². The Morgan fingerprint density at radius 1 is 1.11 bits per heavy atom. The minimum absolute atomic E-state index is 0.0732. The molecule has 2 saturated heterocycles. The molecule has 6 nitrogen and oxygen atoms in total. The van der Waals surface area contributed by atoms with Crippen LogP contribution >= 0.6 is 0 Å². The van der Waals surface area contributed by atoms with Gasteiger partial charge in [0.15, 0.2) is 0 Å². The van der Waals surface area contributed by atoms with Crippen LogP contribution in [0.25, 0.3) is 0 Å². The third-order valence-electron chi connectivity index (χ3n) is 5.86. The van der Waals surface area contributed by atoms with E-state index in [1.165, 1.54) is 5.56 Å². The molecule has 3 aliphatic rings. The molecule has 2 fully saturated rings. The van der Waals surface area contributed by atoms with E-state index in [9.17, 15) is 18.4 Å². The smallest absolute Gasteiger partial charge is 0.262 e. The summed E-state index contributed by atoms with van der Waals surface area (Å²) in [7, 11) is 0. The largest absolute Gasteiger partial charge is 0.339 e. The summed E-state index contributed by atoms with van der Waals surface area (Å²) in [6, 6.07) is 7.22. The second-order valence-corrected chi connectivity index (χ2v) is 7.87. The van der Waals surface area contributed by atoms with E-state index in [4.69, 9.17) is 0 Å². The van der Waals surface area contributed by atoms with Gasteiger partial charge in [0.25, 0.3) is 5.92 Å². The van der Waals surface area contributed by atoms with E-state index in [2.05, 4.69) is 11.4 Å². The predicted molar refractivity (Wildman–Crippen MR) is 101 cm³/mol. The fraction of sp³-hybridized carbons (Fsp3) is 0.600. The average Bonchev–Trinajstić information content (AvgIpc) is 3.07. The minimum Gasteiger partial charge on any atom is -0.339 e. The summed E-state index contributed by atoms with van der Waals surface area (Å²) in [5.41, 5.74) is 2.21. The average molecular weight is 392 g/mol. The molecule has 1 atom stereocenters. The van der Waals surface area contributed by atoms with Crippen molar-refractivity contribution in [3.8, 4) is 0 Å². The molecule has 3 heterocycles. The first-order valence-corrected chi connectivity index (χ1v) is 9.94. The molecule has 0 saturated carbocycles. The van der Waals surface area contributed by atoms with Gasteiger partial charge in [-0.1, -0.05) is 18.2 Å². The van der Waals surface area contributed by atoms with Gasteiger partial charge in [-0.15, -0.1) is 0 Å². The maximum atomic E-state index is 13.3. The number of nitrogens with one attached hydrogen (secondary N) is 1. The Bertz CT molecular complexity index is 749. The van der Waals surface area contributed by atoms with Gasteiger partial charge in [-0.3, -0.25) is 19.8 Å². The van der Waals surface area contributed by atoms with Gasteiger partial charge in [-0.2, -0.15) is 0 Å². The number of piperazine rings is 1. The van der Waals surface area contributed by atoms with Gasteiger partial charge < -0.3 is 9.80 Å². The van der Waals surface area contributed by atoms with Crippen LogP contribution in [0.15, 0.2) is 24.3 Å². The van der Waals surface area contributed by atoms with E-state index in [-0.39, 0.29) is 11.8 Å². The molecule has 2 amide bonds. The topological polar surface area (TPSA) is 55.9 Å². The van der Waals surface area contributed by atoms with Crippen LogP contribution in [-0.4, -0.2) is 79.4 Å². The summed E-state index contributed by atoms with van der Waals surface area (Å²) in [5.74, 6) is -2.99. The number of anilines is 1. The summed E-state index contributed by atoms with van der Waals surface area (Å²) < 4.78 is 26.7. The van der Waals surface area contributed by atoms with Crippen LogP contribution in [0.3, 0.4) is 0 Å². The number of para-hydroxylation sites is 1. The summed E-state index contributed by atoms with van der Waals surface area (Å²) in [6.07, 6.45) is 1.53. The van der Waals surface area contributed by atoms with Gasteiger partial charge in [0.1, 0.15) is 0 Å². The zero-order valence-electron chi connectivity index (χ0n) is 15.9. The molecule has 1 N–H and O–H groups in total. The van der Waals surface area contributed by atoms with Crippen molar-refractivity contribution in [3.05, 3.63) is 29.8 Å². The first kappa shape index (κ1) is 19.3.